The standard InChI is InChI=1S/C13H16N2O3/c1-3-7-14(8-4-2)13-6-5-12(15(17)18)9-11(13)10-16/h3-6,9,16H,1-2,7-8,10H2. The normalized spacial score (nSPS) is 9.83. The van der Waals surface area contributed by atoms with E-state index in [2.05, 4.69) is 13.2 Å². The average molecular weight is 248 g/mol. The molecule has 0 bridgehead atoms. The van der Waals surface area contributed by atoms with Gasteiger partial charge in [0, 0.05) is 36.5 Å². The number of hydrogen-bond donors (Lipinski definition) is 1. The molecule has 96 valence electrons. The first kappa shape index (κ1) is 13.9. The number of nitrogens with zero attached hydrogens (tertiary/aromatic N) is 2. The summed E-state index contributed by atoms with van der Waals surface area (Å²) in [6.07, 6.45) is 3.46. The van der Waals surface area contributed by atoms with Crippen LogP contribution in [0.3, 0.4) is 0 Å². The lowest BCUT2D eigenvalue weighted by Crippen LogP contribution is -2.24. The van der Waals surface area contributed by atoms with Crippen molar-refractivity contribution in [3.05, 3.63) is 59.2 Å². The summed E-state index contributed by atoms with van der Waals surface area (Å²) in [5.41, 5.74) is 1.25. The SMILES string of the molecule is C=CCN(CC=C)c1ccc([N+](=O)[O-])cc1CO. The molecule has 0 aliphatic heterocycles. The van der Waals surface area contributed by atoms with Crippen LogP contribution in [0, 0.1) is 10.1 Å². The van der Waals surface area contributed by atoms with Crippen molar-refractivity contribution in [2.45, 2.75) is 6.61 Å². The Labute approximate surface area is 106 Å². The van der Waals surface area contributed by atoms with Crippen molar-refractivity contribution in [1.82, 2.24) is 0 Å². The minimum absolute atomic E-state index is 0.0278. The molecule has 0 radical (unpaired) electrons. The summed E-state index contributed by atoms with van der Waals surface area (Å²) in [6.45, 7) is 8.24. The Morgan fingerprint density at radius 3 is 2.39 bits per heavy atom. The van der Waals surface area contributed by atoms with Gasteiger partial charge in [-0.05, 0) is 6.07 Å². The highest BCUT2D eigenvalue weighted by Gasteiger charge is 2.13. The molecule has 1 aromatic carbocycles. The van der Waals surface area contributed by atoms with Crippen LogP contribution in [0.25, 0.3) is 0 Å². The molecule has 1 rings (SSSR count). The van der Waals surface area contributed by atoms with Crippen molar-refractivity contribution in [3.63, 3.8) is 0 Å². The lowest BCUT2D eigenvalue weighted by molar-refractivity contribution is -0.384. The zero-order valence-corrected chi connectivity index (χ0v) is 10.1. The Kier molecular flexibility index (Phi) is 5.07. The van der Waals surface area contributed by atoms with Gasteiger partial charge in [0.25, 0.3) is 5.69 Å². The lowest BCUT2D eigenvalue weighted by Gasteiger charge is -2.23. The zero-order valence-electron chi connectivity index (χ0n) is 10.1. The van der Waals surface area contributed by atoms with E-state index in [-0.39, 0.29) is 12.3 Å². The average Bonchev–Trinajstić information content (AvgIpc) is 2.37. The van der Waals surface area contributed by atoms with E-state index in [1.54, 1.807) is 18.2 Å². The molecule has 0 aliphatic rings. The van der Waals surface area contributed by atoms with Crippen molar-refractivity contribution in [3.8, 4) is 0 Å². The molecule has 1 N–H and O–H groups in total. The van der Waals surface area contributed by atoms with E-state index >= 15 is 0 Å². The predicted molar refractivity (Wildman–Crippen MR) is 71.6 cm³/mol. The van der Waals surface area contributed by atoms with Gasteiger partial charge in [0.2, 0.25) is 0 Å². The second-order valence-corrected chi connectivity index (χ2v) is 3.71. The number of aliphatic hydroxyl groups is 1. The van der Waals surface area contributed by atoms with Crippen LogP contribution in [0.4, 0.5) is 11.4 Å². The first-order chi connectivity index (χ1) is 8.63. The molecule has 5 heteroatoms. The molecule has 0 fully saturated rings. The molecule has 1 aromatic rings. The molecular weight excluding hydrogens is 232 g/mol. The summed E-state index contributed by atoms with van der Waals surface area (Å²) >= 11 is 0. The Bertz CT molecular complexity index is 448. The third-order valence-electron chi connectivity index (χ3n) is 2.48. The Hall–Kier alpha value is -2.14. The molecule has 0 unspecified atom stereocenters. The van der Waals surface area contributed by atoms with Crippen LogP contribution in [-0.4, -0.2) is 23.1 Å². The molecular formula is C13H16N2O3. The van der Waals surface area contributed by atoms with Gasteiger partial charge >= 0.3 is 0 Å². The first-order valence-electron chi connectivity index (χ1n) is 5.49. The second kappa shape index (κ2) is 6.56. The third-order valence-corrected chi connectivity index (χ3v) is 2.48. The van der Waals surface area contributed by atoms with Gasteiger partial charge in [-0.25, -0.2) is 0 Å². The monoisotopic (exact) mass is 248 g/mol. The van der Waals surface area contributed by atoms with E-state index in [1.165, 1.54) is 12.1 Å². The fourth-order valence-corrected chi connectivity index (χ4v) is 1.70. The van der Waals surface area contributed by atoms with Crippen molar-refractivity contribution in [2.75, 3.05) is 18.0 Å². The lowest BCUT2D eigenvalue weighted by atomic mass is 10.1. The molecule has 0 heterocycles. The zero-order chi connectivity index (χ0) is 13.5. The molecule has 0 saturated carbocycles. The van der Waals surface area contributed by atoms with Gasteiger partial charge in [-0.3, -0.25) is 10.1 Å². The number of nitro groups is 1. The van der Waals surface area contributed by atoms with Crippen LogP contribution in [-0.2, 0) is 6.61 Å². The van der Waals surface area contributed by atoms with Crippen LogP contribution < -0.4 is 4.90 Å². The number of rotatable bonds is 7. The first-order valence-corrected chi connectivity index (χ1v) is 5.49. The topological polar surface area (TPSA) is 66.6 Å². The molecule has 0 spiro atoms. The smallest absolute Gasteiger partial charge is 0.269 e. The number of non-ortho nitro benzene ring substituents is 1. The van der Waals surface area contributed by atoms with E-state index in [0.29, 0.717) is 18.7 Å². The van der Waals surface area contributed by atoms with E-state index in [1.807, 2.05) is 4.90 Å². The third kappa shape index (κ3) is 3.18. The van der Waals surface area contributed by atoms with E-state index in [4.69, 9.17) is 0 Å². The minimum atomic E-state index is -0.478. The summed E-state index contributed by atoms with van der Waals surface area (Å²) in [6, 6.07) is 4.44. The van der Waals surface area contributed by atoms with Crippen molar-refractivity contribution in [1.29, 1.82) is 0 Å². The number of aliphatic hydroxyl groups excluding tert-OH is 1. The Balaban J connectivity index is 3.16. The fourth-order valence-electron chi connectivity index (χ4n) is 1.70. The van der Waals surface area contributed by atoms with Gasteiger partial charge in [-0.15, -0.1) is 13.2 Å². The van der Waals surface area contributed by atoms with E-state index in [9.17, 15) is 15.2 Å². The molecule has 0 aliphatic carbocycles. The highest BCUT2D eigenvalue weighted by Crippen LogP contribution is 2.25. The van der Waals surface area contributed by atoms with Gasteiger partial charge in [-0.2, -0.15) is 0 Å². The van der Waals surface area contributed by atoms with Crippen molar-refractivity contribution in [2.24, 2.45) is 0 Å². The number of benzene rings is 1. The minimum Gasteiger partial charge on any atom is -0.392 e. The van der Waals surface area contributed by atoms with Gasteiger partial charge in [-0.1, -0.05) is 12.2 Å². The Morgan fingerprint density at radius 2 is 1.94 bits per heavy atom. The molecule has 0 aromatic heterocycles. The maximum absolute atomic E-state index is 10.7. The van der Waals surface area contributed by atoms with Crippen molar-refractivity contribution >= 4 is 11.4 Å². The summed E-state index contributed by atoms with van der Waals surface area (Å²) in [7, 11) is 0. The number of anilines is 1. The highest BCUT2D eigenvalue weighted by atomic mass is 16.6. The summed E-state index contributed by atoms with van der Waals surface area (Å²) in [5.74, 6) is 0. The summed E-state index contributed by atoms with van der Waals surface area (Å²) < 4.78 is 0. The number of hydrogen-bond acceptors (Lipinski definition) is 4. The molecule has 0 amide bonds. The van der Waals surface area contributed by atoms with Crippen LogP contribution in [0.15, 0.2) is 43.5 Å². The molecule has 0 atom stereocenters. The maximum atomic E-state index is 10.7. The Morgan fingerprint density at radius 1 is 1.33 bits per heavy atom. The van der Waals surface area contributed by atoms with Gasteiger partial charge in [0.1, 0.15) is 0 Å². The van der Waals surface area contributed by atoms with Gasteiger partial charge in [0.05, 0.1) is 11.5 Å². The summed E-state index contributed by atoms with van der Waals surface area (Å²) in [4.78, 5) is 12.1. The van der Waals surface area contributed by atoms with Gasteiger partial charge < -0.3 is 10.0 Å². The van der Waals surface area contributed by atoms with Crippen LogP contribution in [0.2, 0.25) is 0 Å². The maximum Gasteiger partial charge on any atom is 0.269 e. The predicted octanol–water partition coefficient (Wildman–Crippen LogP) is 2.27. The number of nitro benzene ring substituents is 1. The van der Waals surface area contributed by atoms with Crippen LogP contribution in [0.1, 0.15) is 5.56 Å². The second-order valence-electron chi connectivity index (χ2n) is 3.71. The largest absolute Gasteiger partial charge is 0.392 e. The van der Waals surface area contributed by atoms with Crippen LogP contribution in [0.5, 0.6) is 0 Å². The van der Waals surface area contributed by atoms with Gasteiger partial charge in [0.15, 0.2) is 0 Å². The van der Waals surface area contributed by atoms with Crippen LogP contribution >= 0.6 is 0 Å². The highest BCUT2D eigenvalue weighted by molar-refractivity contribution is 5.58. The molecule has 0 saturated heterocycles. The van der Waals surface area contributed by atoms with Crippen molar-refractivity contribution < 1.29 is 10.0 Å². The fraction of sp³-hybridized carbons (Fsp3) is 0.231. The molecule has 18 heavy (non-hydrogen) atoms. The van der Waals surface area contributed by atoms with E-state index in [0.717, 1.165) is 5.69 Å². The quantitative estimate of drug-likeness (QED) is 0.456. The molecule has 5 nitrogen and oxygen atoms in total. The van der Waals surface area contributed by atoms with E-state index < -0.39 is 4.92 Å². The summed E-state index contributed by atoms with van der Waals surface area (Å²) in [5, 5.41) is 20.0.